The lowest BCUT2D eigenvalue weighted by molar-refractivity contribution is -0.119. The summed E-state index contributed by atoms with van der Waals surface area (Å²) in [5.74, 6) is 0.344. The normalized spacial score (nSPS) is 10.8. The minimum Gasteiger partial charge on any atom is -0.492 e. The quantitative estimate of drug-likeness (QED) is 0.451. The molecule has 162 valence electrons. The van der Waals surface area contributed by atoms with Gasteiger partial charge in [0.25, 0.3) is 5.56 Å². The van der Waals surface area contributed by atoms with Gasteiger partial charge in [-0.1, -0.05) is 36.4 Å². The van der Waals surface area contributed by atoms with Crippen LogP contribution >= 0.6 is 0 Å². The number of hydrogen-bond donors (Lipinski definition) is 0. The Balaban J connectivity index is 1.69. The van der Waals surface area contributed by atoms with E-state index in [1.54, 1.807) is 25.5 Å². The van der Waals surface area contributed by atoms with E-state index in [1.165, 1.54) is 9.58 Å². The molecule has 2 aromatic heterocycles. The second kappa shape index (κ2) is 9.43. The van der Waals surface area contributed by atoms with Crippen molar-refractivity contribution in [2.45, 2.75) is 19.9 Å². The molecule has 7 nitrogen and oxygen atoms in total. The molecule has 0 N–H and O–H groups in total. The van der Waals surface area contributed by atoms with Crippen LogP contribution in [0.5, 0.6) is 5.75 Å². The molecule has 32 heavy (non-hydrogen) atoms. The fraction of sp³-hybridized carbons (Fsp3) is 0.200. The van der Waals surface area contributed by atoms with E-state index in [4.69, 9.17) is 4.74 Å². The molecule has 0 saturated carbocycles. The predicted octanol–water partition coefficient (Wildman–Crippen LogP) is 3.44. The van der Waals surface area contributed by atoms with Gasteiger partial charge in [0.15, 0.2) is 0 Å². The van der Waals surface area contributed by atoms with Crippen LogP contribution in [0.3, 0.4) is 0 Å². The minimum absolute atomic E-state index is 0.180. The summed E-state index contributed by atoms with van der Waals surface area (Å²) in [6.45, 7) is 2.20. The number of carbonyl (C=O) groups excluding carboxylic acids is 1. The molecule has 0 aliphatic rings. The summed E-state index contributed by atoms with van der Waals surface area (Å²) >= 11 is 0. The highest BCUT2D eigenvalue weighted by atomic mass is 16.5. The van der Waals surface area contributed by atoms with Crippen molar-refractivity contribution in [2.24, 2.45) is 0 Å². The highest BCUT2D eigenvalue weighted by Gasteiger charge is 2.18. The first kappa shape index (κ1) is 21.2. The van der Waals surface area contributed by atoms with Crippen LogP contribution in [0.25, 0.3) is 10.8 Å². The van der Waals surface area contributed by atoms with Crippen molar-refractivity contribution < 1.29 is 9.53 Å². The van der Waals surface area contributed by atoms with Gasteiger partial charge in [-0.15, -0.1) is 0 Å². The summed E-state index contributed by atoms with van der Waals surface area (Å²) in [7, 11) is 1.67. The Morgan fingerprint density at radius 1 is 1.03 bits per heavy atom. The van der Waals surface area contributed by atoms with Crippen molar-refractivity contribution >= 4 is 22.4 Å². The molecule has 0 radical (unpaired) electrons. The number of amides is 1. The summed E-state index contributed by atoms with van der Waals surface area (Å²) < 4.78 is 6.89. The smallest absolute Gasteiger partial charge is 0.275 e. The van der Waals surface area contributed by atoms with Crippen molar-refractivity contribution in [3.05, 3.63) is 94.7 Å². The van der Waals surface area contributed by atoms with Crippen molar-refractivity contribution in [2.75, 3.05) is 18.6 Å². The van der Waals surface area contributed by atoms with E-state index in [0.717, 1.165) is 16.6 Å². The number of hydrogen-bond acceptors (Lipinski definition) is 5. The van der Waals surface area contributed by atoms with Gasteiger partial charge < -0.3 is 9.64 Å². The van der Waals surface area contributed by atoms with Gasteiger partial charge in [0.05, 0.1) is 23.4 Å². The Kier molecular flexibility index (Phi) is 6.26. The van der Waals surface area contributed by atoms with E-state index < -0.39 is 0 Å². The molecule has 0 unspecified atom stereocenters. The number of para-hydroxylation sites is 2. The second-order valence-electron chi connectivity index (χ2n) is 7.35. The zero-order valence-electron chi connectivity index (χ0n) is 18.1. The molecule has 0 atom stereocenters. The second-order valence-corrected chi connectivity index (χ2v) is 7.35. The number of benzene rings is 2. The average Bonchev–Trinajstić information content (AvgIpc) is 2.83. The van der Waals surface area contributed by atoms with E-state index in [-0.39, 0.29) is 18.0 Å². The van der Waals surface area contributed by atoms with E-state index in [2.05, 4.69) is 10.1 Å². The molecule has 0 bridgehead atoms. The monoisotopic (exact) mass is 428 g/mol. The predicted molar refractivity (Wildman–Crippen MR) is 124 cm³/mol. The number of nitrogens with zero attached hydrogens (tertiary/aromatic N) is 4. The number of fused-ring (bicyclic) bond motifs is 1. The number of ether oxygens (including phenoxy) is 1. The first-order valence-electron chi connectivity index (χ1n) is 10.4. The van der Waals surface area contributed by atoms with E-state index in [0.29, 0.717) is 29.9 Å². The van der Waals surface area contributed by atoms with Crippen LogP contribution < -0.4 is 15.2 Å². The summed E-state index contributed by atoms with van der Waals surface area (Å²) in [6, 6.07) is 18.5. The van der Waals surface area contributed by atoms with Crippen LogP contribution in [-0.2, 0) is 17.8 Å². The third-order valence-corrected chi connectivity index (χ3v) is 5.22. The molecule has 0 aliphatic carbocycles. The van der Waals surface area contributed by atoms with Gasteiger partial charge in [0.2, 0.25) is 5.91 Å². The molecule has 0 spiro atoms. The van der Waals surface area contributed by atoms with Crippen LogP contribution in [-0.4, -0.2) is 34.3 Å². The summed E-state index contributed by atoms with van der Waals surface area (Å²) in [5.41, 5.74) is 2.04. The van der Waals surface area contributed by atoms with Crippen LogP contribution in [0.4, 0.5) is 5.69 Å². The van der Waals surface area contributed by atoms with Crippen molar-refractivity contribution in [3.63, 3.8) is 0 Å². The number of anilines is 1. The fourth-order valence-corrected chi connectivity index (χ4v) is 3.62. The number of pyridine rings is 1. The lowest BCUT2D eigenvalue weighted by Gasteiger charge is -2.21. The molecule has 2 heterocycles. The first-order chi connectivity index (χ1) is 15.6. The zero-order valence-corrected chi connectivity index (χ0v) is 18.1. The molecule has 0 saturated heterocycles. The van der Waals surface area contributed by atoms with Gasteiger partial charge in [-0.3, -0.25) is 14.6 Å². The summed E-state index contributed by atoms with van der Waals surface area (Å²) in [5, 5.41) is 5.88. The molecule has 4 rings (SSSR count). The minimum atomic E-state index is -0.296. The molecule has 1 amide bonds. The van der Waals surface area contributed by atoms with Crippen LogP contribution in [0.15, 0.2) is 77.9 Å². The standard InChI is InChI=1S/C25H24N4O3/c1-3-32-23-13-7-6-12-22(23)28(2)24(30)17-29-25(31)20-11-5-4-10-19(20)21(27-29)15-18-9-8-14-26-16-18/h4-14,16H,3,15,17H2,1-2H3. The number of likely N-dealkylation sites (N-methyl/N-ethyl adjacent to an activating group) is 1. The largest absolute Gasteiger partial charge is 0.492 e. The molecule has 0 fully saturated rings. The van der Waals surface area contributed by atoms with E-state index >= 15 is 0 Å². The fourth-order valence-electron chi connectivity index (χ4n) is 3.62. The van der Waals surface area contributed by atoms with Crippen LogP contribution in [0, 0.1) is 0 Å². The zero-order chi connectivity index (χ0) is 22.5. The Bertz CT molecular complexity index is 1300. The number of rotatable bonds is 7. The molecular formula is C25H24N4O3. The lowest BCUT2D eigenvalue weighted by Crippen LogP contribution is -2.35. The van der Waals surface area contributed by atoms with Crippen molar-refractivity contribution in [1.29, 1.82) is 0 Å². The van der Waals surface area contributed by atoms with Gasteiger partial charge in [-0.25, -0.2) is 4.68 Å². The van der Waals surface area contributed by atoms with Gasteiger partial charge in [0, 0.05) is 31.2 Å². The third kappa shape index (κ3) is 4.37. The maximum absolute atomic E-state index is 13.1. The Morgan fingerprint density at radius 2 is 1.78 bits per heavy atom. The summed E-state index contributed by atoms with van der Waals surface area (Å²) in [4.78, 5) is 31.8. The van der Waals surface area contributed by atoms with Gasteiger partial charge in [-0.2, -0.15) is 5.10 Å². The van der Waals surface area contributed by atoms with Gasteiger partial charge in [-0.05, 0) is 36.8 Å². The van der Waals surface area contributed by atoms with Crippen molar-refractivity contribution in [3.8, 4) is 5.75 Å². The van der Waals surface area contributed by atoms with Gasteiger partial charge in [0.1, 0.15) is 12.3 Å². The maximum atomic E-state index is 13.1. The molecule has 2 aromatic carbocycles. The van der Waals surface area contributed by atoms with Crippen LogP contribution in [0.2, 0.25) is 0 Å². The van der Waals surface area contributed by atoms with Gasteiger partial charge >= 0.3 is 0 Å². The van der Waals surface area contributed by atoms with Crippen molar-refractivity contribution in [1.82, 2.24) is 14.8 Å². The topological polar surface area (TPSA) is 77.3 Å². The molecule has 4 aromatic rings. The SMILES string of the molecule is CCOc1ccccc1N(C)C(=O)Cn1nc(Cc2cccnc2)c2ccccc2c1=O. The number of carbonyl (C=O) groups is 1. The maximum Gasteiger partial charge on any atom is 0.275 e. The number of aromatic nitrogens is 3. The Labute approximate surface area is 185 Å². The molecule has 0 aliphatic heterocycles. The first-order valence-corrected chi connectivity index (χ1v) is 10.4. The average molecular weight is 428 g/mol. The third-order valence-electron chi connectivity index (χ3n) is 5.22. The van der Waals surface area contributed by atoms with E-state index in [9.17, 15) is 9.59 Å². The lowest BCUT2D eigenvalue weighted by atomic mass is 10.1. The highest BCUT2D eigenvalue weighted by molar-refractivity contribution is 5.94. The highest BCUT2D eigenvalue weighted by Crippen LogP contribution is 2.27. The van der Waals surface area contributed by atoms with E-state index in [1.807, 2.05) is 61.5 Å². The Morgan fingerprint density at radius 3 is 2.53 bits per heavy atom. The van der Waals surface area contributed by atoms with Crippen LogP contribution in [0.1, 0.15) is 18.2 Å². The summed E-state index contributed by atoms with van der Waals surface area (Å²) in [6.07, 6.45) is 3.99. The molecular weight excluding hydrogens is 404 g/mol. The Hall–Kier alpha value is -4.00. The molecule has 7 heteroatoms.